The highest BCUT2D eigenvalue weighted by Gasteiger charge is 2.16. The first-order valence-electron chi connectivity index (χ1n) is 16.4. The summed E-state index contributed by atoms with van der Waals surface area (Å²) in [5.41, 5.74) is 6.25. The highest BCUT2D eigenvalue weighted by atomic mass is 32.2. The van der Waals surface area contributed by atoms with Gasteiger partial charge >= 0.3 is 0 Å². The summed E-state index contributed by atoms with van der Waals surface area (Å²) >= 11 is 3.06. The Morgan fingerprint density at radius 1 is 0.500 bits per heavy atom. The molecule has 0 N–H and O–H groups in total. The fourth-order valence-electron chi connectivity index (χ4n) is 5.23. The molecule has 8 aromatic rings. The molecular formula is C38H34N10O2S2. The van der Waals surface area contributed by atoms with Gasteiger partial charge in [-0.25, -0.2) is 0 Å². The van der Waals surface area contributed by atoms with Crippen molar-refractivity contribution < 1.29 is 9.05 Å². The van der Waals surface area contributed by atoms with Gasteiger partial charge in [-0.1, -0.05) is 130 Å². The molecule has 0 unspecified atom stereocenters. The van der Waals surface area contributed by atoms with Crippen LogP contribution in [-0.4, -0.2) is 49.8 Å². The van der Waals surface area contributed by atoms with Gasteiger partial charge in [0.15, 0.2) is 33.6 Å². The van der Waals surface area contributed by atoms with Crippen molar-refractivity contribution in [3.05, 3.63) is 132 Å². The first kappa shape index (κ1) is 34.6. The molecule has 12 nitrogen and oxygen atoms in total. The zero-order chi connectivity index (χ0) is 35.9. The van der Waals surface area contributed by atoms with Crippen LogP contribution in [-0.2, 0) is 25.6 Å². The third-order valence-corrected chi connectivity index (χ3v) is 9.89. The fourth-order valence-corrected chi connectivity index (χ4v) is 6.74. The molecule has 0 spiro atoms. The van der Waals surface area contributed by atoms with Crippen molar-refractivity contribution >= 4 is 23.5 Å². The van der Waals surface area contributed by atoms with E-state index in [2.05, 4.69) is 40.7 Å². The van der Waals surface area contributed by atoms with E-state index in [0.29, 0.717) is 34.9 Å². The Morgan fingerprint density at radius 2 is 0.904 bits per heavy atom. The maximum absolute atomic E-state index is 5.38. The topological polar surface area (TPSA) is 139 Å². The first-order chi connectivity index (χ1) is 25.4. The molecule has 0 saturated carbocycles. The van der Waals surface area contributed by atoms with Crippen LogP contribution in [0.2, 0.25) is 0 Å². The number of hydrogen-bond donors (Lipinski definition) is 0. The Balaban J connectivity index is 0.000000162. The molecule has 52 heavy (non-hydrogen) atoms. The molecule has 4 aromatic heterocycles. The lowest BCUT2D eigenvalue weighted by molar-refractivity contribution is 0.425. The third kappa shape index (κ3) is 8.19. The molecule has 4 aromatic carbocycles. The molecule has 0 radical (unpaired) electrons. The van der Waals surface area contributed by atoms with Gasteiger partial charge in [0.05, 0.1) is 11.5 Å². The molecule has 0 aliphatic heterocycles. The van der Waals surface area contributed by atoms with Crippen molar-refractivity contribution in [2.75, 3.05) is 0 Å². The summed E-state index contributed by atoms with van der Waals surface area (Å²) in [5, 5.41) is 26.9. The van der Waals surface area contributed by atoms with Crippen LogP contribution in [0.3, 0.4) is 0 Å². The van der Waals surface area contributed by atoms with Crippen LogP contribution in [0.1, 0.15) is 22.8 Å². The van der Waals surface area contributed by atoms with Crippen LogP contribution >= 0.6 is 23.5 Å². The summed E-state index contributed by atoms with van der Waals surface area (Å²) in [4.78, 5) is 8.95. The number of hydrogen-bond acceptors (Lipinski definition) is 12. The van der Waals surface area contributed by atoms with Crippen molar-refractivity contribution in [1.82, 2.24) is 49.8 Å². The maximum atomic E-state index is 5.38. The van der Waals surface area contributed by atoms with Gasteiger partial charge in [-0.2, -0.15) is 9.97 Å². The quantitative estimate of drug-likeness (QED) is 0.125. The zero-order valence-electron chi connectivity index (χ0n) is 28.9. The molecule has 0 bridgehead atoms. The summed E-state index contributed by atoms with van der Waals surface area (Å²) in [6, 6.07) is 36.0. The predicted octanol–water partition coefficient (Wildman–Crippen LogP) is 8.27. The Morgan fingerprint density at radius 3 is 1.31 bits per heavy atom. The minimum Gasteiger partial charge on any atom is -0.334 e. The van der Waals surface area contributed by atoms with Crippen molar-refractivity contribution in [2.24, 2.45) is 14.1 Å². The van der Waals surface area contributed by atoms with Crippen LogP contribution in [0, 0.1) is 13.8 Å². The normalized spacial score (nSPS) is 11.0. The smallest absolute Gasteiger partial charge is 0.257 e. The van der Waals surface area contributed by atoms with Gasteiger partial charge in [-0.3, -0.25) is 0 Å². The van der Waals surface area contributed by atoms with E-state index in [4.69, 9.17) is 9.05 Å². The van der Waals surface area contributed by atoms with Gasteiger partial charge < -0.3 is 18.2 Å². The number of benzene rings is 4. The van der Waals surface area contributed by atoms with Crippen molar-refractivity contribution in [3.8, 4) is 45.7 Å². The standard InChI is InChI=1S/2C19H17N5OS/c2*1-13-7-6-10-15(11-13)18-20-16(23-25-18)12-26-19-22-21-17(24(19)2)14-8-4-3-5-9-14/h2*3-11H,12H2,1-2H3. The largest absolute Gasteiger partial charge is 0.334 e. The van der Waals surface area contributed by atoms with Crippen LogP contribution in [0.25, 0.3) is 45.7 Å². The second-order valence-corrected chi connectivity index (χ2v) is 13.7. The summed E-state index contributed by atoms with van der Waals surface area (Å²) in [6.45, 7) is 4.07. The fraction of sp³-hybridized carbons (Fsp3) is 0.158. The van der Waals surface area contributed by atoms with Gasteiger partial charge in [0.1, 0.15) is 0 Å². The van der Waals surface area contributed by atoms with Crippen LogP contribution in [0.4, 0.5) is 0 Å². The summed E-state index contributed by atoms with van der Waals surface area (Å²) in [5.74, 6) is 5.14. The second-order valence-electron chi connectivity index (χ2n) is 11.8. The minimum absolute atomic E-state index is 0.534. The molecule has 8 rings (SSSR count). The molecule has 0 amide bonds. The minimum atomic E-state index is 0.534. The highest BCUT2D eigenvalue weighted by Crippen LogP contribution is 2.27. The second kappa shape index (κ2) is 16.0. The van der Waals surface area contributed by atoms with E-state index in [1.165, 1.54) is 23.5 Å². The van der Waals surface area contributed by atoms with E-state index in [9.17, 15) is 0 Å². The van der Waals surface area contributed by atoms with Crippen molar-refractivity contribution in [1.29, 1.82) is 0 Å². The molecule has 0 aliphatic carbocycles. The number of rotatable bonds is 10. The molecule has 0 atom stereocenters. The average Bonchev–Trinajstić information content (AvgIpc) is 3.99. The number of thioether (sulfide) groups is 2. The van der Waals surface area contributed by atoms with Crippen LogP contribution < -0.4 is 0 Å². The number of aromatic nitrogens is 10. The lowest BCUT2D eigenvalue weighted by atomic mass is 10.1. The lowest BCUT2D eigenvalue weighted by Crippen LogP contribution is -1.95. The molecule has 0 aliphatic rings. The monoisotopic (exact) mass is 726 g/mol. The van der Waals surface area contributed by atoms with E-state index in [1.807, 2.05) is 146 Å². The Bertz CT molecular complexity index is 2220. The van der Waals surface area contributed by atoms with Crippen molar-refractivity contribution in [3.63, 3.8) is 0 Å². The SMILES string of the molecule is Cc1cccc(-c2nc(CSc3nnc(-c4ccccc4)n3C)no2)c1.Cc1cccc(-c2nc(CSc3nnc(-c4ccccc4)n3C)no2)c1. The molecule has 14 heteroatoms. The molecular weight excluding hydrogens is 693 g/mol. The Kier molecular flexibility index (Phi) is 10.6. The van der Waals surface area contributed by atoms with E-state index in [-0.39, 0.29) is 0 Å². The van der Waals surface area contributed by atoms with Gasteiger partial charge in [0.25, 0.3) is 11.8 Å². The maximum Gasteiger partial charge on any atom is 0.257 e. The van der Waals surface area contributed by atoms with E-state index >= 15 is 0 Å². The van der Waals surface area contributed by atoms with Crippen LogP contribution in [0.5, 0.6) is 0 Å². The highest BCUT2D eigenvalue weighted by molar-refractivity contribution is 7.98. The third-order valence-electron chi connectivity index (χ3n) is 7.86. The summed E-state index contributed by atoms with van der Waals surface area (Å²) < 4.78 is 14.7. The molecule has 0 saturated heterocycles. The molecule has 0 fully saturated rings. The number of aryl methyl sites for hydroxylation is 2. The van der Waals surface area contributed by atoms with Gasteiger partial charge in [0, 0.05) is 36.3 Å². The van der Waals surface area contributed by atoms with E-state index < -0.39 is 0 Å². The average molecular weight is 727 g/mol. The Labute approximate surface area is 308 Å². The van der Waals surface area contributed by atoms with Crippen LogP contribution in [0.15, 0.2) is 129 Å². The number of nitrogens with zero attached hydrogens (tertiary/aromatic N) is 10. The van der Waals surface area contributed by atoms with E-state index in [1.54, 1.807) is 0 Å². The van der Waals surface area contributed by atoms with Crippen molar-refractivity contribution in [2.45, 2.75) is 35.7 Å². The molecule has 260 valence electrons. The summed E-state index contributed by atoms with van der Waals surface area (Å²) in [6.07, 6.45) is 0. The predicted molar refractivity (Wildman–Crippen MR) is 201 cm³/mol. The van der Waals surface area contributed by atoms with E-state index in [0.717, 1.165) is 55.3 Å². The Hall–Kier alpha value is -5.86. The van der Waals surface area contributed by atoms with Gasteiger partial charge in [-0.15, -0.1) is 20.4 Å². The lowest BCUT2D eigenvalue weighted by Gasteiger charge is -2.02. The summed E-state index contributed by atoms with van der Waals surface area (Å²) in [7, 11) is 3.91. The molecule has 4 heterocycles. The van der Waals surface area contributed by atoms with Gasteiger partial charge in [-0.05, 0) is 38.1 Å². The first-order valence-corrected chi connectivity index (χ1v) is 18.3. The zero-order valence-corrected chi connectivity index (χ0v) is 30.5. The van der Waals surface area contributed by atoms with Gasteiger partial charge in [0.2, 0.25) is 0 Å².